The monoisotopic (exact) mass is 312 g/mol. The Morgan fingerprint density at radius 1 is 0.571 bits per heavy atom. The molecular weight excluding hydrogens is 294 g/mol. The summed E-state index contributed by atoms with van der Waals surface area (Å²) in [6, 6.07) is 0. The van der Waals surface area contributed by atoms with Crippen LogP contribution in [0.25, 0.3) is 0 Å². The number of hydrogen-bond acceptors (Lipinski definition) is 6. The van der Waals surface area contributed by atoms with Crippen LogP contribution in [0.5, 0.6) is 0 Å². The molecule has 3 heterocycles. The van der Waals surface area contributed by atoms with Crippen molar-refractivity contribution >= 4 is 9.69 Å². The van der Waals surface area contributed by atoms with E-state index in [1.807, 2.05) is 0 Å². The summed E-state index contributed by atoms with van der Waals surface area (Å²) < 4.78 is 20.8. The summed E-state index contributed by atoms with van der Waals surface area (Å²) in [6.07, 6.45) is 0. The van der Waals surface area contributed by atoms with Crippen LogP contribution in [0.1, 0.15) is 0 Å². The fourth-order valence-corrected chi connectivity index (χ4v) is 15.9. The summed E-state index contributed by atoms with van der Waals surface area (Å²) in [7, 11) is 7.10. The second kappa shape index (κ2) is 1.94. The van der Waals surface area contributed by atoms with Gasteiger partial charge in [-0.15, -0.1) is 0 Å². The number of rotatable bonds is 0. The molecule has 0 radical (unpaired) electrons. The van der Waals surface area contributed by atoms with Crippen molar-refractivity contribution in [2.45, 2.75) is 0 Å². The van der Waals surface area contributed by atoms with Crippen molar-refractivity contribution in [3.8, 4) is 0 Å². The Morgan fingerprint density at radius 2 is 0.786 bits per heavy atom. The van der Waals surface area contributed by atoms with Crippen LogP contribution in [0.15, 0.2) is 0 Å². The maximum atomic E-state index is 7.10. The summed E-state index contributed by atoms with van der Waals surface area (Å²) in [5.41, 5.74) is 0. The van der Waals surface area contributed by atoms with Crippen molar-refractivity contribution < 1.29 is 11.7 Å². The number of hydrogen-bond donors (Lipinski definition) is 6. The van der Waals surface area contributed by atoms with Crippen LogP contribution in [-0.4, -0.2) is 39.3 Å². The van der Waals surface area contributed by atoms with E-state index in [0.717, 1.165) is 39.3 Å². The fourth-order valence-electron chi connectivity index (χ4n) is 2.31. The van der Waals surface area contributed by atoms with E-state index in [-0.39, 0.29) is 0 Å². The van der Waals surface area contributed by atoms with Crippen LogP contribution in [0.3, 0.4) is 0 Å². The van der Waals surface area contributed by atoms with E-state index in [1.165, 1.54) is 0 Å². The van der Waals surface area contributed by atoms with Gasteiger partial charge in [-0.2, -0.15) is 0 Å². The molecule has 3 saturated heterocycles. The zero-order chi connectivity index (χ0) is 9.86. The molecule has 8 heteroatoms. The van der Waals surface area contributed by atoms with Gasteiger partial charge in [0.15, 0.2) is 0 Å². The molecule has 0 aromatic heterocycles. The van der Waals surface area contributed by atoms with Gasteiger partial charge in [0, 0.05) is 0 Å². The number of nitrogens with one attached hydrogen (secondary N) is 6. The van der Waals surface area contributed by atoms with Gasteiger partial charge in [0.25, 0.3) is 0 Å². The van der Waals surface area contributed by atoms with Crippen molar-refractivity contribution in [1.82, 2.24) is 24.4 Å². The second-order valence-corrected chi connectivity index (χ2v) is 19.8. The van der Waals surface area contributed by atoms with Crippen LogP contribution in [0.2, 0.25) is 0 Å². The van der Waals surface area contributed by atoms with Crippen LogP contribution in [-0.2, 0) is 11.7 Å². The van der Waals surface area contributed by atoms with Crippen molar-refractivity contribution in [2.24, 2.45) is 0 Å². The topological polar surface area (TPSA) is 72.2 Å². The Kier molecular flexibility index (Phi) is 1.37. The predicted molar refractivity (Wildman–Crippen MR) is 53.9 cm³/mol. The third-order valence-corrected chi connectivity index (χ3v) is 18.5. The normalized spacial score (nSPS) is 48.8. The first-order chi connectivity index (χ1) is 6.48. The summed E-state index contributed by atoms with van der Waals surface area (Å²) in [5, 5.41) is 0. The van der Waals surface area contributed by atoms with Gasteiger partial charge in [-0.1, -0.05) is 0 Å². The van der Waals surface area contributed by atoms with E-state index in [9.17, 15) is 0 Å². The molecule has 3 rings (SSSR count). The predicted octanol–water partition coefficient (Wildman–Crippen LogP) is -2.03. The molecule has 0 aliphatic carbocycles. The Hall–Kier alpha value is 0.673. The molecule has 0 saturated carbocycles. The molecular formula is C6H18ClN6Rh. The average molecular weight is 313 g/mol. The first-order valence-electron chi connectivity index (χ1n) is 4.75. The van der Waals surface area contributed by atoms with Gasteiger partial charge >= 0.3 is 85.0 Å². The molecule has 14 heavy (non-hydrogen) atoms. The van der Waals surface area contributed by atoms with Crippen LogP contribution in [0, 0.1) is 0 Å². The quantitative estimate of drug-likeness (QED) is 0.290. The number of halogens is 1. The molecule has 0 atom stereocenters. The molecule has 0 aromatic rings. The molecule has 1 spiro atoms. The van der Waals surface area contributed by atoms with E-state index >= 15 is 0 Å². The van der Waals surface area contributed by atoms with Crippen LogP contribution >= 0.6 is 9.69 Å². The van der Waals surface area contributed by atoms with Crippen LogP contribution in [0.4, 0.5) is 0 Å². The third kappa shape index (κ3) is 0.828. The van der Waals surface area contributed by atoms with Gasteiger partial charge < -0.3 is 0 Å². The summed E-state index contributed by atoms with van der Waals surface area (Å²) in [4.78, 5) is 0. The molecule has 0 amide bonds. The van der Waals surface area contributed by atoms with Crippen molar-refractivity contribution in [1.29, 1.82) is 0 Å². The molecule has 0 aromatic carbocycles. The molecule has 6 N–H and O–H groups in total. The zero-order valence-corrected chi connectivity index (χ0v) is 10.3. The first kappa shape index (κ1) is 9.87. The maximum absolute atomic E-state index is 7.10. The second-order valence-electron chi connectivity index (χ2n) is 3.84. The Balaban J connectivity index is 2.28. The molecule has 6 nitrogen and oxygen atoms in total. The van der Waals surface area contributed by atoms with E-state index < -0.39 is 11.7 Å². The standard InChI is InChI=1S/3C2H6N2.ClH.Rh/c3*3-1-2-4;;/h3*3-4H,1-2H2;1H;/q3*-2;;+7/p-1. The fraction of sp³-hybridized carbons (Fsp3) is 1.00. The summed E-state index contributed by atoms with van der Waals surface area (Å²) >= 11 is -4.59. The van der Waals surface area contributed by atoms with Gasteiger partial charge in [-0.25, -0.2) is 0 Å². The molecule has 3 fully saturated rings. The average Bonchev–Trinajstić information content (AvgIpc) is 2.79. The first-order valence-corrected chi connectivity index (χ1v) is 11.8. The van der Waals surface area contributed by atoms with Crippen molar-refractivity contribution in [2.75, 3.05) is 39.3 Å². The van der Waals surface area contributed by atoms with Crippen LogP contribution < -0.4 is 24.4 Å². The SMILES string of the molecule is [Cl][Rh]123([NH]CC[NH]1)([NH]CC[NH]2)[NH]CC[NH]3. The Bertz CT molecular complexity index is 250. The molecule has 0 unspecified atom stereocenters. The van der Waals surface area contributed by atoms with Gasteiger partial charge in [0.2, 0.25) is 0 Å². The van der Waals surface area contributed by atoms with Crippen molar-refractivity contribution in [3.63, 3.8) is 0 Å². The van der Waals surface area contributed by atoms with Gasteiger partial charge in [-0.3, -0.25) is 0 Å². The van der Waals surface area contributed by atoms with E-state index in [4.69, 9.17) is 9.69 Å². The summed E-state index contributed by atoms with van der Waals surface area (Å²) in [5.74, 6) is 0. The van der Waals surface area contributed by atoms with E-state index in [0.29, 0.717) is 0 Å². The van der Waals surface area contributed by atoms with Gasteiger partial charge in [-0.05, 0) is 0 Å². The molecule has 3 aliphatic heterocycles. The van der Waals surface area contributed by atoms with E-state index in [2.05, 4.69) is 24.4 Å². The van der Waals surface area contributed by atoms with Gasteiger partial charge in [0.05, 0.1) is 0 Å². The summed E-state index contributed by atoms with van der Waals surface area (Å²) in [6.45, 7) is 5.12. The van der Waals surface area contributed by atoms with E-state index in [1.54, 1.807) is 0 Å². The zero-order valence-electron chi connectivity index (χ0n) is 7.95. The molecule has 88 valence electrons. The van der Waals surface area contributed by atoms with Crippen molar-refractivity contribution in [3.05, 3.63) is 0 Å². The molecule has 3 aliphatic rings. The third-order valence-electron chi connectivity index (χ3n) is 2.91. The Labute approximate surface area is 85.1 Å². The minimum atomic E-state index is -4.59. The Morgan fingerprint density at radius 3 is 1.00 bits per heavy atom. The van der Waals surface area contributed by atoms with Gasteiger partial charge in [0.1, 0.15) is 0 Å². The molecule has 0 bridgehead atoms. The minimum absolute atomic E-state index is 0.854.